The van der Waals surface area contributed by atoms with Crippen molar-refractivity contribution in [2.75, 3.05) is 0 Å². The summed E-state index contributed by atoms with van der Waals surface area (Å²) in [7, 11) is 0. The normalized spacial score (nSPS) is 11.9. The summed E-state index contributed by atoms with van der Waals surface area (Å²) < 4.78 is 45.0. The van der Waals surface area contributed by atoms with E-state index in [9.17, 15) is 18.0 Å². The van der Waals surface area contributed by atoms with Gasteiger partial charge in [-0.05, 0) is 24.6 Å². The molecular formula is C19H12F3N3O2. The topological polar surface area (TPSA) is 60.9 Å². The number of hydrogen-bond donors (Lipinski definition) is 0. The number of rotatable bonds is 2. The molecule has 4 rings (SSSR count). The lowest BCUT2D eigenvalue weighted by molar-refractivity contribution is -0.137. The Kier molecular flexibility index (Phi) is 3.83. The van der Waals surface area contributed by atoms with Gasteiger partial charge < -0.3 is 4.42 Å². The Morgan fingerprint density at radius 1 is 1.07 bits per heavy atom. The van der Waals surface area contributed by atoms with Gasteiger partial charge in [0.05, 0.1) is 16.6 Å². The van der Waals surface area contributed by atoms with Crippen molar-refractivity contribution in [1.29, 1.82) is 0 Å². The van der Waals surface area contributed by atoms with Crippen LogP contribution in [0.3, 0.4) is 0 Å². The van der Waals surface area contributed by atoms with Crippen LogP contribution >= 0.6 is 0 Å². The molecule has 0 fully saturated rings. The first-order valence-corrected chi connectivity index (χ1v) is 7.97. The highest BCUT2D eigenvalue weighted by atomic mass is 19.4. The fourth-order valence-electron chi connectivity index (χ4n) is 2.91. The highest BCUT2D eigenvalue weighted by Crippen LogP contribution is 2.33. The van der Waals surface area contributed by atoms with E-state index in [1.807, 2.05) is 30.3 Å². The monoisotopic (exact) mass is 371 g/mol. The van der Waals surface area contributed by atoms with Crippen LogP contribution in [-0.2, 0) is 6.18 Å². The standard InChI is InChI=1S/C19H12F3N3O2/c1-11-9-15(26)27-18-16(11)17(12-5-3-2-4-6-12)25(24-18)14-8-7-13(10-23-14)19(20,21)22/h2-10H,1H3. The molecule has 0 amide bonds. The van der Waals surface area contributed by atoms with Crippen molar-refractivity contribution < 1.29 is 17.6 Å². The van der Waals surface area contributed by atoms with Gasteiger partial charge in [0.1, 0.15) is 0 Å². The third kappa shape index (κ3) is 2.99. The number of fused-ring (bicyclic) bond motifs is 1. The maximum absolute atomic E-state index is 12.8. The predicted octanol–water partition coefficient (Wildman–Crippen LogP) is 4.37. The van der Waals surface area contributed by atoms with E-state index < -0.39 is 17.4 Å². The molecule has 0 atom stereocenters. The second kappa shape index (κ2) is 6.08. The first kappa shape index (κ1) is 17.0. The summed E-state index contributed by atoms with van der Waals surface area (Å²) in [5, 5.41) is 4.88. The summed E-state index contributed by atoms with van der Waals surface area (Å²) in [4.78, 5) is 15.6. The maximum Gasteiger partial charge on any atom is 0.417 e. The SMILES string of the molecule is Cc1cc(=O)oc2nn(-c3ccc(C(F)(F)F)cn3)c(-c3ccccc3)c12. The highest BCUT2D eigenvalue weighted by Gasteiger charge is 2.31. The Morgan fingerprint density at radius 2 is 1.81 bits per heavy atom. The fourth-order valence-corrected chi connectivity index (χ4v) is 2.91. The van der Waals surface area contributed by atoms with Crippen LogP contribution in [0.5, 0.6) is 0 Å². The van der Waals surface area contributed by atoms with E-state index in [1.54, 1.807) is 6.92 Å². The van der Waals surface area contributed by atoms with E-state index in [-0.39, 0.29) is 11.5 Å². The van der Waals surface area contributed by atoms with Crippen LogP contribution in [0.25, 0.3) is 28.2 Å². The summed E-state index contributed by atoms with van der Waals surface area (Å²) >= 11 is 0. The largest absolute Gasteiger partial charge is 0.417 e. The summed E-state index contributed by atoms with van der Waals surface area (Å²) in [6.07, 6.45) is -3.73. The van der Waals surface area contributed by atoms with E-state index in [2.05, 4.69) is 10.1 Å². The summed E-state index contributed by atoms with van der Waals surface area (Å²) in [5.74, 6) is 0.181. The van der Waals surface area contributed by atoms with Crippen molar-refractivity contribution in [2.24, 2.45) is 0 Å². The Balaban J connectivity index is 2.00. The molecule has 136 valence electrons. The van der Waals surface area contributed by atoms with Gasteiger partial charge in [0, 0.05) is 17.8 Å². The Labute approximate surface area is 150 Å². The van der Waals surface area contributed by atoms with Crippen molar-refractivity contribution in [3.05, 3.63) is 76.3 Å². The van der Waals surface area contributed by atoms with E-state index in [4.69, 9.17) is 4.42 Å². The maximum atomic E-state index is 12.8. The molecule has 0 unspecified atom stereocenters. The number of pyridine rings is 1. The Bertz CT molecular complexity index is 1180. The van der Waals surface area contributed by atoms with Crippen LogP contribution in [0.1, 0.15) is 11.1 Å². The molecule has 0 bridgehead atoms. The molecule has 4 aromatic rings. The van der Waals surface area contributed by atoms with Crippen LogP contribution in [0.4, 0.5) is 13.2 Å². The molecule has 0 saturated heterocycles. The second-order valence-corrected chi connectivity index (χ2v) is 5.96. The van der Waals surface area contributed by atoms with Crippen LogP contribution in [0.2, 0.25) is 0 Å². The Hall–Kier alpha value is -3.42. The van der Waals surface area contributed by atoms with Crippen molar-refractivity contribution in [1.82, 2.24) is 14.8 Å². The number of alkyl halides is 3. The third-order valence-corrected chi connectivity index (χ3v) is 4.12. The third-order valence-electron chi connectivity index (χ3n) is 4.12. The fraction of sp³-hybridized carbons (Fsp3) is 0.105. The van der Waals surface area contributed by atoms with Crippen molar-refractivity contribution in [2.45, 2.75) is 13.1 Å². The quantitative estimate of drug-likeness (QED) is 0.525. The average Bonchev–Trinajstić information content (AvgIpc) is 3.01. The van der Waals surface area contributed by atoms with Gasteiger partial charge in [-0.3, -0.25) is 0 Å². The van der Waals surface area contributed by atoms with E-state index in [1.165, 1.54) is 16.8 Å². The highest BCUT2D eigenvalue weighted by molar-refractivity contribution is 5.93. The zero-order chi connectivity index (χ0) is 19.2. The van der Waals surface area contributed by atoms with Gasteiger partial charge >= 0.3 is 11.8 Å². The molecule has 0 spiro atoms. The first-order valence-electron chi connectivity index (χ1n) is 7.97. The number of aryl methyl sites for hydroxylation is 1. The summed E-state index contributed by atoms with van der Waals surface area (Å²) in [5.41, 5.74) is 0.688. The molecule has 1 aromatic carbocycles. The van der Waals surface area contributed by atoms with Gasteiger partial charge in [0.2, 0.25) is 0 Å². The minimum atomic E-state index is -4.48. The van der Waals surface area contributed by atoms with Crippen LogP contribution < -0.4 is 5.63 Å². The number of halogens is 3. The van der Waals surface area contributed by atoms with E-state index in [0.717, 1.165) is 17.8 Å². The minimum Gasteiger partial charge on any atom is -0.402 e. The lowest BCUT2D eigenvalue weighted by Crippen LogP contribution is -2.07. The number of benzene rings is 1. The predicted molar refractivity (Wildman–Crippen MR) is 92.6 cm³/mol. The molecule has 8 heteroatoms. The molecule has 3 heterocycles. The number of hydrogen-bond acceptors (Lipinski definition) is 4. The van der Waals surface area contributed by atoms with Crippen molar-refractivity contribution >= 4 is 11.1 Å². The van der Waals surface area contributed by atoms with E-state index in [0.29, 0.717) is 16.6 Å². The van der Waals surface area contributed by atoms with Gasteiger partial charge in [-0.15, -0.1) is 5.10 Å². The molecule has 0 radical (unpaired) electrons. The molecule has 3 aromatic heterocycles. The van der Waals surface area contributed by atoms with Gasteiger partial charge in [-0.2, -0.15) is 13.2 Å². The van der Waals surface area contributed by atoms with Gasteiger partial charge in [0.15, 0.2) is 5.82 Å². The molecule has 0 saturated carbocycles. The summed E-state index contributed by atoms with van der Waals surface area (Å²) in [6, 6.07) is 12.7. The minimum absolute atomic E-state index is 0.0977. The number of aromatic nitrogens is 3. The lowest BCUT2D eigenvalue weighted by Gasteiger charge is -2.09. The molecule has 5 nitrogen and oxygen atoms in total. The Morgan fingerprint density at radius 3 is 2.44 bits per heavy atom. The smallest absolute Gasteiger partial charge is 0.402 e. The lowest BCUT2D eigenvalue weighted by atomic mass is 10.1. The van der Waals surface area contributed by atoms with Crippen LogP contribution in [0.15, 0.2) is 63.9 Å². The molecule has 0 N–H and O–H groups in total. The average molecular weight is 371 g/mol. The van der Waals surface area contributed by atoms with Gasteiger partial charge in [-0.25, -0.2) is 14.5 Å². The van der Waals surface area contributed by atoms with E-state index >= 15 is 0 Å². The summed E-state index contributed by atoms with van der Waals surface area (Å²) in [6.45, 7) is 1.75. The molecular weight excluding hydrogens is 359 g/mol. The van der Waals surface area contributed by atoms with Gasteiger partial charge in [0.25, 0.3) is 5.71 Å². The first-order chi connectivity index (χ1) is 12.8. The second-order valence-electron chi connectivity index (χ2n) is 5.96. The van der Waals surface area contributed by atoms with Crippen molar-refractivity contribution in [3.8, 4) is 17.1 Å². The molecule has 27 heavy (non-hydrogen) atoms. The zero-order valence-electron chi connectivity index (χ0n) is 14.0. The zero-order valence-corrected chi connectivity index (χ0v) is 14.0. The van der Waals surface area contributed by atoms with Crippen LogP contribution in [-0.4, -0.2) is 14.8 Å². The molecule has 0 aliphatic rings. The number of nitrogens with zero attached hydrogens (tertiary/aromatic N) is 3. The van der Waals surface area contributed by atoms with Gasteiger partial charge in [-0.1, -0.05) is 30.3 Å². The van der Waals surface area contributed by atoms with Crippen molar-refractivity contribution in [3.63, 3.8) is 0 Å². The molecule has 0 aliphatic carbocycles. The van der Waals surface area contributed by atoms with Crippen LogP contribution in [0, 0.1) is 6.92 Å². The molecule has 0 aliphatic heterocycles.